The number of rotatable bonds is 2. The molecule has 0 saturated carbocycles. The zero-order valence-corrected chi connectivity index (χ0v) is 11.2. The molecule has 1 aliphatic rings. The summed E-state index contributed by atoms with van der Waals surface area (Å²) in [4.78, 5) is 13.4. The number of piperidine rings is 1. The zero-order chi connectivity index (χ0) is 11.5. The SMILES string of the molecule is O=C1CCN(Cc2cc(Br)ccc2Cl)CC1. The molecule has 1 saturated heterocycles. The quantitative estimate of drug-likeness (QED) is 0.836. The minimum atomic E-state index is 0.372. The molecule has 0 unspecified atom stereocenters. The van der Waals surface area contributed by atoms with Gasteiger partial charge in [0.25, 0.3) is 0 Å². The van der Waals surface area contributed by atoms with Gasteiger partial charge in [0.05, 0.1) is 0 Å². The van der Waals surface area contributed by atoms with Crippen LogP contribution in [0.25, 0.3) is 0 Å². The van der Waals surface area contributed by atoms with E-state index < -0.39 is 0 Å². The second-order valence-corrected chi connectivity index (χ2v) is 5.37. The molecule has 4 heteroatoms. The Morgan fingerprint density at radius 1 is 1.31 bits per heavy atom. The van der Waals surface area contributed by atoms with Crippen molar-refractivity contribution in [2.45, 2.75) is 19.4 Å². The maximum Gasteiger partial charge on any atom is 0.135 e. The van der Waals surface area contributed by atoms with E-state index in [9.17, 15) is 4.79 Å². The van der Waals surface area contributed by atoms with Gasteiger partial charge in [0.2, 0.25) is 0 Å². The van der Waals surface area contributed by atoms with Crippen LogP contribution in [0.15, 0.2) is 22.7 Å². The van der Waals surface area contributed by atoms with Gasteiger partial charge in [-0.25, -0.2) is 0 Å². The lowest BCUT2D eigenvalue weighted by atomic mass is 10.1. The van der Waals surface area contributed by atoms with E-state index >= 15 is 0 Å². The molecular weight excluding hydrogens is 289 g/mol. The Bertz CT molecular complexity index is 398. The molecule has 0 radical (unpaired) electrons. The summed E-state index contributed by atoms with van der Waals surface area (Å²) in [5, 5.41) is 0.792. The van der Waals surface area contributed by atoms with Crippen LogP contribution in [0.5, 0.6) is 0 Å². The highest BCUT2D eigenvalue weighted by Gasteiger charge is 2.16. The van der Waals surface area contributed by atoms with Gasteiger partial charge in [0.15, 0.2) is 0 Å². The molecule has 86 valence electrons. The van der Waals surface area contributed by atoms with Gasteiger partial charge in [-0.15, -0.1) is 0 Å². The van der Waals surface area contributed by atoms with Crippen LogP contribution in [0, 0.1) is 0 Å². The third-order valence-corrected chi connectivity index (χ3v) is 3.68. The molecule has 0 atom stereocenters. The molecule has 0 aliphatic carbocycles. The number of carbonyl (C=O) groups is 1. The van der Waals surface area contributed by atoms with Gasteiger partial charge in [0.1, 0.15) is 5.78 Å². The molecule has 1 aromatic carbocycles. The molecule has 1 fully saturated rings. The van der Waals surface area contributed by atoms with Crippen molar-refractivity contribution in [3.63, 3.8) is 0 Å². The average molecular weight is 303 g/mol. The second kappa shape index (κ2) is 5.30. The largest absolute Gasteiger partial charge is 0.300 e. The Balaban J connectivity index is 2.03. The Morgan fingerprint density at radius 2 is 2.00 bits per heavy atom. The van der Waals surface area contributed by atoms with Crippen LogP contribution in [0.3, 0.4) is 0 Å². The number of likely N-dealkylation sites (tertiary alicyclic amines) is 1. The maximum absolute atomic E-state index is 11.1. The van der Waals surface area contributed by atoms with E-state index in [0.29, 0.717) is 18.6 Å². The zero-order valence-electron chi connectivity index (χ0n) is 8.88. The van der Waals surface area contributed by atoms with Crippen molar-refractivity contribution in [2.75, 3.05) is 13.1 Å². The molecular formula is C12H13BrClNO. The van der Waals surface area contributed by atoms with Crippen molar-refractivity contribution in [1.82, 2.24) is 4.90 Å². The standard InChI is InChI=1S/C12H13BrClNO/c13-10-1-2-12(14)9(7-10)8-15-5-3-11(16)4-6-15/h1-2,7H,3-6,8H2. The summed E-state index contributed by atoms with van der Waals surface area (Å²) < 4.78 is 1.04. The molecule has 1 aliphatic heterocycles. The van der Waals surface area contributed by atoms with Gasteiger partial charge in [-0.2, -0.15) is 0 Å². The summed E-state index contributed by atoms with van der Waals surface area (Å²) in [5.41, 5.74) is 1.12. The Labute approximate surface area is 109 Å². The fourth-order valence-corrected chi connectivity index (χ4v) is 2.45. The third-order valence-electron chi connectivity index (χ3n) is 2.82. The van der Waals surface area contributed by atoms with E-state index in [1.807, 2.05) is 18.2 Å². The van der Waals surface area contributed by atoms with E-state index in [2.05, 4.69) is 20.8 Å². The summed E-state index contributed by atoms with van der Waals surface area (Å²) in [6.07, 6.45) is 1.34. The van der Waals surface area contributed by atoms with Crippen LogP contribution in [0.1, 0.15) is 18.4 Å². The van der Waals surface area contributed by atoms with Gasteiger partial charge in [-0.1, -0.05) is 27.5 Å². The molecule has 2 nitrogen and oxygen atoms in total. The molecule has 0 N–H and O–H groups in total. The number of Topliss-reactive ketones (excluding diaryl/α,β-unsaturated/α-hetero) is 1. The van der Waals surface area contributed by atoms with Gasteiger partial charge in [-0.05, 0) is 23.8 Å². The summed E-state index contributed by atoms with van der Waals surface area (Å²) in [6, 6.07) is 5.88. The van der Waals surface area contributed by atoms with Crippen LogP contribution in [0.4, 0.5) is 0 Å². The van der Waals surface area contributed by atoms with E-state index in [1.165, 1.54) is 0 Å². The van der Waals surface area contributed by atoms with E-state index in [4.69, 9.17) is 11.6 Å². The Kier molecular flexibility index (Phi) is 4.00. The molecule has 0 aromatic heterocycles. The summed E-state index contributed by atoms with van der Waals surface area (Å²) in [5.74, 6) is 0.372. The van der Waals surface area contributed by atoms with Gasteiger partial charge >= 0.3 is 0 Å². The van der Waals surface area contributed by atoms with Gasteiger partial charge in [0, 0.05) is 42.0 Å². The highest BCUT2D eigenvalue weighted by atomic mass is 79.9. The Morgan fingerprint density at radius 3 is 2.69 bits per heavy atom. The lowest BCUT2D eigenvalue weighted by molar-refractivity contribution is -0.121. The normalized spacial score (nSPS) is 17.8. The van der Waals surface area contributed by atoms with Crippen LogP contribution in [0.2, 0.25) is 5.02 Å². The molecule has 16 heavy (non-hydrogen) atoms. The Hall–Kier alpha value is -0.380. The summed E-state index contributed by atoms with van der Waals surface area (Å²) in [6.45, 7) is 2.52. The number of hydrogen-bond acceptors (Lipinski definition) is 2. The van der Waals surface area contributed by atoms with Gasteiger partial charge < -0.3 is 0 Å². The first kappa shape index (κ1) is 12.1. The average Bonchev–Trinajstić information content (AvgIpc) is 2.27. The van der Waals surface area contributed by atoms with Crippen LogP contribution >= 0.6 is 27.5 Å². The minimum Gasteiger partial charge on any atom is -0.300 e. The van der Waals surface area contributed by atoms with Crippen molar-refractivity contribution in [3.8, 4) is 0 Å². The van der Waals surface area contributed by atoms with Gasteiger partial charge in [-0.3, -0.25) is 9.69 Å². The van der Waals surface area contributed by atoms with Crippen LogP contribution < -0.4 is 0 Å². The fraction of sp³-hybridized carbons (Fsp3) is 0.417. The number of carbonyl (C=O) groups excluding carboxylic acids is 1. The molecule has 1 aromatic rings. The van der Waals surface area contributed by atoms with E-state index in [0.717, 1.165) is 34.7 Å². The maximum atomic E-state index is 11.1. The molecule has 1 heterocycles. The first-order valence-electron chi connectivity index (χ1n) is 5.33. The predicted molar refractivity (Wildman–Crippen MR) is 68.7 cm³/mol. The van der Waals surface area contributed by atoms with Crippen molar-refractivity contribution in [3.05, 3.63) is 33.3 Å². The number of benzene rings is 1. The van der Waals surface area contributed by atoms with Crippen molar-refractivity contribution < 1.29 is 4.79 Å². The minimum absolute atomic E-state index is 0.372. The summed E-state index contributed by atoms with van der Waals surface area (Å²) in [7, 11) is 0. The molecule has 0 spiro atoms. The number of halogens is 2. The van der Waals surface area contributed by atoms with E-state index in [-0.39, 0.29) is 0 Å². The van der Waals surface area contributed by atoms with Crippen molar-refractivity contribution >= 4 is 33.3 Å². The number of ketones is 1. The molecule has 0 amide bonds. The topological polar surface area (TPSA) is 20.3 Å². The van der Waals surface area contributed by atoms with E-state index in [1.54, 1.807) is 0 Å². The van der Waals surface area contributed by atoms with Crippen molar-refractivity contribution in [1.29, 1.82) is 0 Å². The first-order chi connectivity index (χ1) is 7.65. The lowest BCUT2D eigenvalue weighted by Crippen LogP contribution is -2.33. The number of nitrogens with zero attached hydrogens (tertiary/aromatic N) is 1. The highest BCUT2D eigenvalue weighted by molar-refractivity contribution is 9.10. The smallest absolute Gasteiger partial charge is 0.135 e. The fourth-order valence-electron chi connectivity index (χ4n) is 1.87. The highest BCUT2D eigenvalue weighted by Crippen LogP contribution is 2.23. The summed E-state index contributed by atoms with van der Waals surface area (Å²) >= 11 is 9.57. The molecule has 0 bridgehead atoms. The monoisotopic (exact) mass is 301 g/mol. The lowest BCUT2D eigenvalue weighted by Gasteiger charge is -2.26. The predicted octanol–water partition coefficient (Wildman–Crippen LogP) is 3.27. The second-order valence-electron chi connectivity index (χ2n) is 4.05. The van der Waals surface area contributed by atoms with Crippen LogP contribution in [-0.4, -0.2) is 23.8 Å². The number of hydrogen-bond donors (Lipinski definition) is 0. The third kappa shape index (κ3) is 3.06. The van der Waals surface area contributed by atoms with Crippen LogP contribution in [-0.2, 0) is 11.3 Å². The molecule has 2 rings (SSSR count). The van der Waals surface area contributed by atoms with Crippen molar-refractivity contribution in [2.24, 2.45) is 0 Å². The first-order valence-corrected chi connectivity index (χ1v) is 6.50.